The molecule has 0 bridgehead atoms. The van der Waals surface area contributed by atoms with E-state index in [9.17, 15) is 13.2 Å². The molecule has 3 aromatic rings. The van der Waals surface area contributed by atoms with E-state index in [0.29, 0.717) is 5.95 Å². The minimum atomic E-state index is -0.677. The Hall–Kier alpha value is -2.54. The van der Waals surface area contributed by atoms with Crippen molar-refractivity contribution in [1.82, 2.24) is 14.8 Å². The maximum Gasteiger partial charge on any atom is 0.222 e. The van der Waals surface area contributed by atoms with E-state index in [0.717, 1.165) is 6.07 Å². The van der Waals surface area contributed by atoms with Crippen LogP contribution in [0, 0.1) is 17.5 Å². The van der Waals surface area contributed by atoms with Crippen LogP contribution < -0.4 is 5.32 Å². The van der Waals surface area contributed by atoms with Gasteiger partial charge in [0.05, 0.1) is 12.1 Å². The first-order chi connectivity index (χ1) is 12.0. The maximum absolute atomic E-state index is 14.4. The largest absolute Gasteiger partial charge is 0.347 e. The van der Waals surface area contributed by atoms with Gasteiger partial charge in [0.1, 0.15) is 23.8 Å². The number of aromatic nitrogens is 3. The van der Waals surface area contributed by atoms with Gasteiger partial charge in [0.2, 0.25) is 5.95 Å². The molecule has 0 fully saturated rings. The molecule has 1 N–H and O–H groups in total. The summed E-state index contributed by atoms with van der Waals surface area (Å²) in [6.45, 7) is 0. The lowest BCUT2D eigenvalue weighted by Gasteiger charge is -2.32. The van der Waals surface area contributed by atoms with Gasteiger partial charge >= 0.3 is 0 Å². The van der Waals surface area contributed by atoms with Gasteiger partial charge in [0.15, 0.2) is 0 Å². The van der Waals surface area contributed by atoms with E-state index in [2.05, 4.69) is 15.4 Å². The van der Waals surface area contributed by atoms with E-state index in [4.69, 9.17) is 11.6 Å². The van der Waals surface area contributed by atoms with Crippen molar-refractivity contribution >= 4 is 17.5 Å². The summed E-state index contributed by atoms with van der Waals surface area (Å²) in [4.78, 5) is 4.09. The van der Waals surface area contributed by atoms with Crippen LogP contribution in [0.2, 0.25) is 5.02 Å². The van der Waals surface area contributed by atoms with E-state index in [1.54, 1.807) is 6.07 Å². The van der Waals surface area contributed by atoms with Crippen LogP contribution in [-0.2, 0) is 0 Å². The summed E-state index contributed by atoms with van der Waals surface area (Å²) >= 11 is 6.20. The quantitative estimate of drug-likeness (QED) is 0.728. The van der Waals surface area contributed by atoms with E-state index < -0.39 is 29.5 Å². The Balaban J connectivity index is 1.81. The number of hydrogen-bond acceptors (Lipinski definition) is 3. The van der Waals surface area contributed by atoms with Gasteiger partial charge in [0, 0.05) is 22.2 Å². The second-order valence-corrected chi connectivity index (χ2v) is 6.19. The molecule has 8 heteroatoms. The summed E-state index contributed by atoms with van der Waals surface area (Å²) in [6.07, 6.45) is 1.60. The Morgan fingerprint density at radius 2 is 1.96 bits per heavy atom. The fourth-order valence-corrected chi connectivity index (χ4v) is 3.47. The molecule has 0 spiro atoms. The SMILES string of the molecule is Fc1ccc([C@H]2C[C@@H](c3c(F)cccc3Cl)n3ncnc3N2)c(F)c1. The molecule has 25 heavy (non-hydrogen) atoms. The lowest BCUT2D eigenvalue weighted by molar-refractivity contribution is 0.409. The third-order valence-corrected chi connectivity index (χ3v) is 4.63. The van der Waals surface area contributed by atoms with Crippen molar-refractivity contribution in [2.45, 2.75) is 18.5 Å². The summed E-state index contributed by atoms with van der Waals surface area (Å²) in [6, 6.07) is 6.70. The molecule has 4 rings (SSSR count). The second kappa shape index (κ2) is 6.07. The Labute approximate surface area is 146 Å². The van der Waals surface area contributed by atoms with Crippen LogP contribution in [0.15, 0.2) is 42.7 Å². The zero-order valence-corrected chi connectivity index (χ0v) is 13.5. The van der Waals surface area contributed by atoms with Crippen LogP contribution in [0.5, 0.6) is 0 Å². The predicted octanol–water partition coefficient (Wildman–Crippen LogP) is 4.50. The number of anilines is 1. The lowest BCUT2D eigenvalue weighted by Crippen LogP contribution is -2.29. The van der Waals surface area contributed by atoms with E-state index in [1.165, 1.54) is 35.3 Å². The number of hydrogen-bond donors (Lipinski definition) is 1. The van der Waals surface area contributed by atoms with Crippen LogP contribution in [0.3, 0.4) is 0 Å². The first kappa shape index (κ1) is 16.0. The number of halogens is 4. The summed E-state index contributed by atoms with van der Waals surface area (Å²) < 4.78 is 43.3. The molecule has 0 unspecified atom stereocenters. The highest BCUT2D eigenvalue weighted by atomic mass is 35.5. The minimum Gasteiger partial charge on any atom is -0.347 e. The number of nitrogens with one attached hydrogen (secondary N) is 1. The highest BCUT2D eigenvalue weighted by molar-refractivity contribution is 6.31. The van der Waals surface area contributed by atoms with Crippen LogP contribution >= 0.6 is 11.6 Å². The highest BCUT2D eigenvalue weighted by Gasteiger charge is 2.33. The molecule has 1 aliphatic rings. The fraction of sp³-hybridized carbons (Fsp3) is 0.176. The van der Waals surface area contributed by atoms with Crippen molar-refractivity contribution in [3.05, 3.63) is 76.3 Å². The summed E-state index contributed by atoms with van der Waals surface area (Å²) in [5, 5.41) is 7.44. The fourth-order valence-electron chi connectivity index (χ4n) is 3.18. The predicted molar refractivity (Wildman–Crippen MR) is 86.9 cm³/mol. The second-order valence-electron chi connectivity index (χ2n) is 5.78. The Morgan fingerprint density at radius 3 is 2.72 bits per heavy atom. The molecule has 0 amide bonds. The normalized spacial score (nSPS) is 19.4. The Kier molecular flexibility index (Phi) is 3.88. The standard InChI is InChI=1S/C17H12ClF3N4/c18-11-2-1-3-12(20)16(11)15-7-14(24-17-22-8-23-25(15)17)10-5-4-9(19)6-13(10)21/h1-6,8,14-15H,7H2,(H,22,23,24)/t14-,15+/m1/s1. The van der Waals surface area contributed by atoms with Crippen LogP contribution in [0.1, 0.15) is 29.6 Å². The highest BCUT2D eigenvalue weighted by Crippen LogP contribution is 2.41. The smallest absolute Gasteiger partial charge is 0.222 e. The third-order valence-electron chi connectivity index (χ3n) is 4.30. The number of benzene rings is 2. The third kappa shape index (κ3) is 2.74. The van der Waals surface area contributed by atoms with Gasteiger partial charge < -0.3 is 5.32 Å². The van der Waals surface area contributed by atoms with E-state index >= 15 is 0 Å². The van der Waals surface area contributed by atoms with Gasteiger partial charge in [-0.3, -0.25) is 0 Å². The van der Waals surface area contributed by atoms with Crippen molar-refractivity contribution in [1.29, 1.82) is 0 Å². The number of fused-ring (bicyclic) bond motifs is 1. The topological polar surface area (TPSA) is 42.7 Å². The summed E-state index contributed by atoms with van der Waals surface area (Å²) in [5.74, 6) is -1.44. The van der Waals surface area contributed by atoms with Crippen LogP contribution in [0.25, 0.3) is 0 Å². The molecule has 0 aliphatic carbocycles. The first-order valence-electron chi connectivity index (χ1n) is 7.59. The van der Waals surface area contributed by atoms with Gasteiger partial charge in [-0.2, -0.15) is 10.1 Å². The molecule has 2 heterocycles. The van der Waals surface area contributed by atoms with Gasteiger partial charge in [-0.1, -0.05) is 23.7 Å². The molecule has 2 atom stereocenters. The average Bonchev–Trinajstić information content (AvgIpc) is 3.03. The van der Waals surface area contributed by atoms with Crippen molar-refractivity contribution in [2.24, 2.45) is 0 Å². The first-order valence-corrected chi connectivity index (χ1v) is 7.97. The van der Waals surface area contributed by atoms with E-state index in [1.807, 2.05) is 0 Å². The molecular formula is C17H12ClF3N4. The monoisotopic (exact) mass is 364 g/mol. The molecule has 1 aliphatic heterocycles. The van der Waals surface area contributed by atoms with Gasteiger partial charge in [-0.15, -0.1) is 0 Å². The van der Waals surface area contributed by atoms with Crippen LogP contribution in [0.4, 0.5) is 19.1 Å². The zero-order valence-electron chi connectivity index (χ0n) is 12.8. The van der Waals surface area contributed by atoms with Crippen molar-refractivity contribution in [2.75, 3.05) is 5.32 Å². The van der Waals surface area contributed by atoms with Crippen molar-refractivity contribution in [3.8, 4) is 0 Å². The van der Waals surface area contributed by atoms with Gasteiger partial charge in [0.25, 0.3) is 0 Å². The van der Waals surface area contributed by atoms with Crippen LogP contribution in [-0.4, -0.2) is 14.8 Å². The number of nitrogens with zero attached hydrogens (tertiary/aromatic N) is 3. The molecular weight excluding hydrogens is 353 g/mol. The molecule has 0 saturated heterocycles. The Morgan fingerprint density at radius 1 is 1.12 bits per heavy atom. The summed E-state index contributed by atoms with van der Waals surface area (Å²) in [5.41, 5.74) is 0.540. The van der Waals surface area contributed by atoms with Crippen molar-refractivity contribution < 1.29 is 13.2 Å². The average molecular weight is 365 g/mol. The molecule has 0 saturated carbocycles. The number of rotatable bonds is 2. The molecule has 2 aromatic carbocycles. The van der Waals surface area contributed by atoms with Crippen molar-refractivity contribution in [3.63, 3.8) is 0 Å². The van der Waals surface area contributed by atoms with Gasteiger partial charge in [-0.05, 0) is 24.6 Å². The zero-order chi connectivity index (χ0) is 17.6. The maximum atomic E-state index is 14.4. The van der Waals surface area contributed by atoms with Gasteiger partial charge in [-0.25, -0.2) is 17.9 Å². The summed E-state index contributed by atoms with van der Waals surface area (Å²) in [7, 11) is 0. The Bertz CT molecular complexity index is 923. The molecule has 128 valence electrons. The molecule has 0 radical (unpaired) electrons. The lowest BCUT2D eigenvalue weighted by atomic mass is 9.92. The molecule has 4 nitrogen and oxygen atoms in total. The van der Waals surface area contributed by atoms with E-state index in [-0.39, 0.29) is 22.6 Å². The molecule has 1 aromatic heterocycles. The minimum absolute atomic E-state index is 0.256.